The highest BCUT2D eigenvalue weighted by Crippen LogP contribution is 2.37. The normalized spacial score (nSPS) is 12.1. The number of carbonyl (C=O) groups is 3. The van der Waals surface area contributed by atoms with Crippen molar-refractivity contribution in [2.45, 2.75) is 25.8 Å². The van der Waals surface area contributed by atoms with E-state index in [1.807, 2.05) is 25.1 Å². The van der Waals surface area contributed by atoms with Crippen molar-refractivity contribution >= 4 is 56.7 Å². The van der Waals surface area contributed by atoms with Gasteiger partial charge < -0.3 is 19.5 Å². The van der Waals surface area contributed by atoms with Crippen LogP contribution in [0.3, 0.4) is 0 Å². The van der Waals surface area contributed by atoms with Crippen LogP contribution >= 0.6 is 23.1 Å². The topological polar surface area (TPSA) is 104 Å². The summed E-state index contributed by atoms with van der Waals surface area (Å²) in [5, 5.41) is 4.69. The number of ether oxygens (including phenoxy) is 3. The number of methoxy groups -OCH3 is 1. The highest BCUT2D eigenvalue weighted by atomic mass is 32.2. The number of esters is 1. The molecule has 0 fully saturated rings. The number of pyridine rings is 1. The number of Topliss-reactive ketones (excluding diaryl/α,β-unsaturated/α-hetero) is 1. The fourth-order valence-electron chi connectivity index (χ4n) is 3.38. The fraction of sp³-hybridized carbons (Fsp3) is 0.273. The minimum Gasteiger partial charge on any atom is -0.465 e. The molecule has 1 aliphatic rings. The second-order valence-corrected chi connectivity index (χ2v) is 9.14. The Hall–Kier alpha value is -3.11. The van der Waals surface area contributed by atoms with Gasteiger partial charge in [0.25, 0.3) is 0 Å². The van der Waals surface area contributed by atoms with Crippen LogP contribution < -0.4 is 14.8 Å². The standard InChI is InChI=1S/C22H20N2O6S2/c1-10-5-13-6-15-16(30-9-29-15)7-14(13)23-20(10)31-8-17(26)24-21-18(22(27)28-4)11(2)19(32-21)12(3)25/h5-7H,8-9H2,1-4H3,(H,24,26). The van der Waals surface area contributed by atoms with E-state index in [1.165, 1.54) is 25.8 Å². The van der Waals surface area contributed by atoms with Gasteiger partial charge in [0.2, 0.25) is 12.7 Å². The number of fused-ring (bicyclic) bond motifs is 2. The Morgan fingerprint density at radius 3 is 2.59 bits per heavy atom. The first-order chi connectivity index (χ1) is 15.3. The second-order valence-electron chi connectivity index (χ2n) is 7.15. The molecule has 0 radical (unpaired) electrons. The number of aromatic nitrogens is 1. The summed E-state index contributed by atoms with van der Waals surface area (Å²) in [6, 6.07) is 5.70. The fourth-order valence-corrected chi connectivity index (χ4v) is 5.28. The van der Waals surface area contributed by atoms with Gasteiger partial charge in [0.1, 0.15) is 10.0 Å². The quantitative estimate of drug-likeness (QED) is 0.321. The maximum atomic E-state index is 12.6. The number of carbonyl (C=O) groups excluding carboxylic acids is 3. The minimum atomic E-state index is -0.597. The Labute approximate surface area is 192 Å². The molecule has 0 spiro atoms. The van der Waals surface area contributed by atoms with Crippen molar-refractivity contribution in [1.82, 2.24) is 4.98 Å². The zero-order chi connectivity index (χ0) is 23.0. The van der Waals surface area contributed by atoms with E-state index in [0.717, 1.165) is 27.8 Å². The molecule has 0 saturated carbocycles. The number of nitrogens with zero attached hydrogens (tertiary/aromatic N) is 1. The lowest BCUT2D eigenvalue weighted by Gasteiger charge is -2.09. The summed E-state index contributed by atoms with van der Waals surface area (Å²) in [6.45, 7) is 5.20. The van der Waals surface area contributed by atoms with Gasteiger partial charge in [0, 0.05) is 11.5 Å². The van der Waals surface area contributed by atoms with E-state index in [-0.39, 0.29) is 29.8 Å². The number of amides is 1. The average molecular weight is 473 g/mol. The van der Waals surface area contributed by atoms with Crippen LogP contribution in [0.1, 0.15) is 38.1 Å². The van der Waals surface area contributed by atoms with E-state index in [4.69, 9.17) is 14.2 Å². The van der Waals surface area contributed by atoms with Crippen molar-refractivity contribution in [3.63, 3.8) is 0 Å². The molecule has 0 bridgehead atoms. The number of benzene rings is 1. The maximum Gasteiger partial charge on any atom is 0.341 e. The Balaban J connectivity index is 1.52. The number of thioether (sulfide) groups is 1. The number of ketones is 1. The van der Waals surface area contributed by atoms with Crippen LogP contribution in [-0.4, -0.2) is 42.3 Å². The predicted molar refractivity (Wildman–Crippen MR) is 122 cm³/mol. The summed E-state index contributed by atoms with van der Waals surface area (Å²) in [7, 11) is 1.26. The summed E-state index contributed by atoms with van der Waals surface area (Å²) >= 11 is 2.36. The van der Waals surface area contributed by atoms with E-state index in [1.54, 1.807) is 6.92 Å². The summed E-state index contributed by atoms with van der Waals surface area (Å²) in [6.07, 6.45) is 0. The summed E-state index contributed by atoms with van der Waals surface area (Å²) in [5.74, 6) is 0.327. The van der Waals surface area contributed by atoms with Crippen molar-refractivity contribution in [2.24, 2.45) is 0 Å². The number of aryl methyl sites for hydroxylation is 1. The Morgan fingerprint density at radius 1 is 1.19 bits per heavy atom. The first-order valence-electron chi connectivity index (χ1n) is 9.64. The molecule has 166 valence electrons. The Morgan fingerprint density at radius 2 is 1.91 bits per heavy atom. The molecular formula is C22H20N2O6S2. The van der Waals surface area contributed by atoms with E-state index < -0.39 is 5.97 Å². The third-order valence-corrected chi connectivity index (χ3v) is 7.30. The van der Waals surface area contributed by atoms with Crippen LogP contribution in [-0.2, 0) is 9.53 Å². The lowest BCUT2D eigenvalue weighted by atomic mass is 10.1. The van der Waals surface area contributed by atoms with Crippen molar-refractivity contribution in [3.8, 4) is 11.5 Å². The van der Waals surface area contributed by atoms with Gasteiger partial charge in [-0.1, -0.05) is 11.8 Å². The molecule has 1 aliphatic heterocycles. The largest absolute Gasteiger partial charge is 0.465 e. The predicted octanol–water partition coefficient (Wildman–Crippen LogP) is 4.36. The minimum absolute atomic E-state index is 0.0802. The van der Waals surface area contributed by atoms with Crippen LogP contribution in [0.4, 0.5) is 5.00 Å². The summed E-state index contributed by atoms with van der Waals surface area (Å²) in [4.78, 5) is 41.8. The zero-order valence-corrected chi connectivity index (χ0v) is 19.5. The number of nitrogens with one attached hydrogen (secondary N) is 1. The molecule has 0 atom stereocenters. The lowest BCUT2D eigenvalue weighted by molar-refractivity contribution is -0.113. The molecule has 0 aliphatic carbocycles. The van der Waals surface area contributed by atoms with Crippen LogP contribution in [0.2, 0.25) is 0 Å². The molecule has 1 amide bonds. The summed E-state index contributed by atoms with van der Waals surface area (Å²) < 4.78 is 15.6. The molecule has 2 aromatic heterocycles. The summed E-state index contributed by atoms with van der Waals surface area (Å²) in [5.41, 5.74) is 2.38. The number of anilines is 1. The molecule has 1 aromatic carbocycles. The molecule has 1 N–H and O–H groups in total. The van der Waals surface area contributed by atoms with E-state index in [9.17, 15) is 14.4 Å². The highest BCUT2D eigenvalue weighted by Gasteiger charge is 2.25. The van der Waals surface area contributed by atoms with Crippen molar-refractivity contribution in [1.29, 1.82) is 0 Å². The average Bonchev–Trinajstić information content (AvgIpc) is 3.33. The molecule has 0 saturated heterocycles. The molecule has 3 heterocycles. The monoisotopic (exact) mass is 472 g/mol. The van der Waals surface area contributed by atoms with Crippen molar-refractivity contribution in [2.75, 3.05) is 25.0 Å². The molecule has 32 heavy (non-hydrogen) atoms. The number of hydrogen-bond acceptors (Lipinski definition) is 9. The number of thiophene rings is 1. The van der Waals surface area contributed by atoms with Crippen LogP contribution in [0.15, 0.2) is 23.2 Å². The first kappa shape index (κ1) is 22.1. The van der Waals surface area contributed by atoms with Gasteiger partial charge in [-0.05, 0) is 44.0 Å². The van der Waals surface area contributed by atoms with Gasteiger partial charge in [0.05, 0.1) is 28.8 Å². The third kappa shape index (κ3) is 4.15. The lowest BCUT2D eigenvalue weighted by Crippen LogP contribution is -2.16. The molecule has 3 aromatic rings. The highest BCUT2D eigenvalue weighted by molar-refractivity contribution is 8.00. The van der Waals surface area contributed by atoms with Gasteiger partial charge in [-0.3, -0.25) is 9.59 Å². The van der Waals surface area contributed by atoms with Crippen molar-refractivity contribution < 1.29 is 28.6 Å². The van der Waals surface area contributed by atoms with Gasteiger partial charge in [0.15, 0.2) is 17.3 Å². The third-order valence-electron chi connectivity index (χ3n) is 4.90. The van der Waals surface area contributed by atoms with E-state index in [0.29, 0.717) is 32.0 Å². The number of hydrogen-bond donors (Lipinski definition) is 1. The molecule has 0 unspecified atom stereocenters. The van der Waals surface area contributed by atoms with Gasteiger partial charge >= 0.3 is 5.97 Å². The smallest absolute Gasteiger partial charge is 0.341 e. The van der Waals surface area contributed by atoms with Crippen LogP contribution in [0.5, 0.6) is 11.5 Å². The Bertz CT molecular complexity index is 1270. The molecule has 4 rings (SSSR count). The molecule has 10 heteroatoms. The first-order valence-corrected chi connectivity index (χ1v) is 11.4. The SMILES string of the molecule is COC(=O)c1c(NC(=O)CSc2nc3cc4c(cc3cc2C)OCO4)sc(C(C)=O)c1C. The molecule has 8 nitrogen and oxygen atoms in total. The van der Waals surface area contributed by atoms with E-state index in [2.05, 4.69) is 10.3 Å². The maximum absolute atomic E-state index is 12.6. The zero-order valence-electron chi connectivity index (χ0n) is 17.9. The van der Waals surface area contributed by atoms with Crippen LogP contribution in [0.25, 0.3) is 10.9 Å². The molecular weight excluding hydrogens is 452 g/mol. The van der Waals surface area contributed by atoms with Crippen molar-refractivity contribution in [3.05, 3.63) is 39.8 Å². The van der Waals surface area contributed by atoms with Gasteiger partial charge in [-0.2, -0.15) is 0 Å². The Kier molecular flexibility index (Phi) is 6.07. The van der Waals surface area contributed by atoms with E-state index >= 15 is 0 Å². The van der Waals surface area contributed by atoms with Crippen LogP contribution in [0, 0.1) is 13.8 Å². The van der Waals surface area contributed by atoms with Gasteiger partial charge in [-0.15, -0.1) is 11.3 Å². The second kappa shape index (κ2) is 8.79. The number of rotatable bonds is 6. The van der Waals surface area contributed by atoms with Gasteiger partial charge in [-0.25, -0.2) is 9.78 Å².